The molecule has 0 spiro atoms. The fourth-order valence-corrected chi connectivity index (χ4v) is 4.18. The largest absolute Gasteiger partial charge is 0.497 e. The maximum atomic E-state index is 12.5. The minimum atomic E-state index is 0.0160. The van der Waals surface area contributed by atoms with Gasteiger partial charge in [0.15, 0.2) is 0 Å². The van der Waals surface area contributed by atoms with Crippen LogP contribution in [0, 0.1) is 0 Å². The van der Waals surface area contributed by atoms with Gasteiger partial charge in [0.05, 0.1) is 25.1 Å². The molecule has 188 valence electrons. The van der Waals surface area contributed by atoms with Crippen molar-refractivity contribution >= 4 is 11.6 Å². The Morgan fingerprint density at radius 3 is 2.53 bits per heavy atom. The third-order valence-corrected chi connectivity index (χ3v) is 6.00. The summed E-state index contributed by atoms with van der Waals surface area (Å²) in [6.45, 7) is 3.83. The molecular formula is C29H33N3O4. The molecule has 2 aromatic heterocycles. The molecule has 4 aromatic rings. The zero-order valence-corrected chi connectivity index (χ0v) is 21.1. The van der Waals surface area contributed by atoms with Crippen LogP contribution in [-0.2, 0) is 16.0 Å². The number of ether oxygens (including phenoxy) is 3. The summed E-state index contributed by atoms with van der Waals surface area (Å²) < 4.78 is 18.2. The van der Waals surface area contributed by atoms with E-state index in [2.05, 4.69) is 28.0 Å². The number of imidazole rings is 1. The summed E-state index contributed by atoms with van der Waals surface area (Å²) in [4.78, 5) is 17.5. The molecule has 1 N–H and O–H groups in total. The van der Waals surface area contributed by atoms with E-state index in [1.807, 2.05) is 55.5 Å². The number of nitrogens with one attached hydrogen (secondary N) is 1. The Morgan fingerprint density at radius 1 is 0.972 bits per heavy atom. The first-order chi connectivity index (χ1) is 17.6. The molecule has 0 unspecified atom stereocenters. The van der Waals surface area contributed by atoms with Crippen molar-refractivity contribution in [1.29, 1.82) is 0 Å². The quantitative estimate of drug-likeness (QED) is 0.280. The van der Waals surface area contributed by atoms with Crippen LogP contribution in [0.2, 0.25) is 0 Å². The zero-order valence-electron chi connectivity index (χ0n) is 21.1. The normalized spacial score (nSPS) is 11.0. The van der Waals surface area contributed by atoms with Gasteiger partial charge in [-0.25, -0.2) is 4.98 Å². The molecule has 0 aliphatic rings. The number of rotatable bonds is 12. The number of fused-ring (bicyclic) bond motifs is 1. The minimum absolute atomic E-state index is 0.0160. The Labute approximate surface area is 212 Å². The highest BCUT2D eigenvalue weighted by Crippen LogP contribution is 2.30. The number of hydrogen-bond donors (Lipinski definition) is 1. The average Bonchev–Trinajstić information content (AvgIpc) is 3.28. The van der Waals surface area contributed by atoms with Crippen LogP contribution < -0.4 is 14.8 Å². The number of pyridine rings is 1. The van der Waals surface area contributed by atoms with Crippen LogP contribution in [0.25, 0.3) is 28.0 Å². The number of amides is 1. The van der Waals surface area contributed by atoms with Crippen molar-refractivity contribution in [2.75, 3.05) is 34.0 Å². The lowest BCUT2D eigenvalue weighted by molar-refractivity contribution is -0.121. The Morgan fingerprint density at radius 2 is 1.78 bits per heavy atom. The number of nitrogens with zero attached hydrogens (tertiary/aromatic N) is 2. The highest BCUT2D eigenvalue weighted by atomic mass is 16.5. The van der Waals surface area contributed by atoms with Gasteiger partial charge in [0.1, 0.15) is 17.1 Å². The summed E-state index contributed by atoms with van der Waals surface area (Å²) in [5.41, 5.74) is 5.78. The molecule has 7 nitrogen and oxygen atoms in total. The Balaban J connectivity index is 1.68. The van der Waals surface area contributed by atoms with E-state index < -0.39 is 0 Å². The van der Waals surface area contributed by atoms with Crippen LogP contribution in [0.15, 0.2) is 66.9 Å². The summed E-state index contributed by atoms with van der Waals surface area (Å²) in [5, 5.41) is 2.98. The zero-order chi connectivity index (χ0) is 25.3. The lowest BCUT2D eigenvalue weighted by atomic mass is 10.1. The van der Waals surface area contributed by atoms with Crippen molar-refractivity contribution in [2.45, 2.75) is 26.2 Å². The van der Waals surface area contributed by atoms with Gasteiger partial charge in [0.2, 0.25) is 5.91 Å². The predicted octanol–water partition coefficient (Wildman–Crippen LogP) is 5.16. The second kappa shape index (κ2) is 12.2. The van der Waals surface area contributed by atoms with Crippen LogP contribution in [0.5, 0.6) is 11.5 Å². The van der Waals surface area contributed by atoms with Crippen LogP contribution in [-0.4, -0.2) is 49.3 Å². The predicted molar refractivity (Wildman–Crippen MR) is 142 cm³/mol. The Hall–Kier alpha value is -3.84. The van der Waals surface area contributed by atoms with Crippen molar-refractivity contribution < 1.29 is 19.0 Å². The van der Waals surface area contributed by atoms with E-state index in [-0.39, 0.29) is 5.91 Å². The number of methoxy groups -OCH3 is 2. The Bertz CT molecular complexity index is 1300. The number of aryl methyl sites for hydroxylation is 1. The summed E-state index contributed by atoms with van der Waals surface area (Å²) in [5.74, 6) is 1.64. The van der Waals surface area contributed by atoms with Gasteiger partial charge < -0.3 is 23.9 Å². The second-order valence-electron chi connectivity index (χ2n) is 8.44. The molecule has 0 aliphatic heterocycles. The smallest absolute Gasteiger partial charge is 0.220 e. The number of carbonyl (C=O) groups is 1. The molecule has 0 aliphatic carbocycles. The lowest BCUT2D eigenvalue weighted by Gasteiger charge is -2.10. The van der Waals surface area contributed by atoms with Crippen LogP contribution in [0.4, 0.5) is 0 Å². The van der Waals surface area contributed by atoms with Crippen LogP contribution in [0.3, 0.4) is 0 Å². The van der Waals surface area contributed by atoms with E-state index in [0.29, 0.717) is 32.6 Å². The van der Waals surface area contributed by atoms with Gasteiger partial charge in [-0.2, -0.15) is 0 Å². The molecule has 2 aromatic carbocycles. The average molecular weight is 488 g/mol. The van der Waals surface area contributed by atoms with Gasteiger partial charge >= 0.3 is 0 Å². The summed E-state index contributed by atoms with van der Waals surface area (Å²) in [6, 6.07) is 20.0. The second-order valence-corrected chi connectivity index (χ2v) is 8.44. The maximum Gasteiger partial charge on any atom is 0.220 e. The minimum Gasteiger partial charge on any atom is -0.497 e. The molecule has 0 radical (unpaired) electrons. The summed E-state index contributed by atoms with van der Waals surface area (Å²) in [6.07, 6.45) is 3.81. The van der Waals surface area contributed by atoms with Gasteiger partial charge in [0, 0.05) is 38.4 Å². The fraction of sp³-hybridized carbons (Fsp3) is 0.310. The van der Waals surface area contributed by atoms with Gasteiger partial charge in [0.25, 0.3) is 0 Å². The standard InChI is InChI=1S/C29H33N3O4/c1-4-36-25-8-5-7-22(19-25)23-11-15-27-31-29(21-9-12-24(35-3)13-10-21)26(32(27)20-23)14-16-28(33)30-17-6-18-34-2/h5,7-13,15,19-20H,4,6,14,16-18H2,1-3H3,(H,30,33). The van der Waals surface area contributed by atoms with Gasteiger partial charge in [-0.3, -0.25) is 4.79 Å². The molecule has 4 rings (SSSR count). The number of carbonyl (C=O) groups excluding carboxylic acids is 1. The molecule has 0 bridgehead atoms. The van der Waals surface area contributed by atoms with E-state index in [4.69, 9.17) is 19.2 Å². The lowest BCUT2D eigenvalue weighted by Crippen LogP contribution is -2.25. The van der Waals surface area contributed by atoms with Crippen molar-refractivity contribution in [3.8, 4) is 33.9 Å². The van der Waals surface area contributed by atoms with Gasteiger partial charge in [-0.1, -0.05) is 12.1 Å². The summed E-state index contributed by atoms with van der Waals surface area (Å²) >= 11 is 0. The molecule has 2 heterocycles. The third-order valence-electron chi connectivity index (χ3n) is 6.00. The molecule has 36 heavy (non-hydrogen) atoms. The first-order valence-electron chi connectivity index (χ1n) is 12.3. The highest BCUT2D eigenvalue weighted by Gasteiger charge is 2.16. The number of aromatic nitrogens is 2. The molecule has 0 saturated heterocycles. The molecule has 1 amide bonds. The topological polar surface area (TPSA) is 74.1 Å². The number of hydrogen-bond acceptors (Lipinski definition) is 5. The van der Waals surface area contributed by atoms with Gasteiger partial charge in [-0.15, -0.1) is 0 Å². The van der Waals surface area contributed by atoms with Gasteiger partial charge in [-0.05, 0) is 79.4 Å². The third kappa shape index (κ3) is 6.04. The van der Waals surface area contributed by atoms with Crippen molar-refractivity contribution in [3.63, 3.8) is 0 Å². The summed E-state index contributed by atoms with van der Waals surface area (Å²) in [7, 11) is 3.31. The van der Waals surface area contributed by atoms with E-state index in [1.165, 1.54) is 0 Å². The Kier molecular flexibility index (Phi) is 8.57. The first-order valence-corrected chi connectivity index (χ1v) is 12.3. The maximum absolute atomic E-state index is 12.5. The molecule has 0 atom stereocenters. The number of benzene rings is 2. The van der Waals surface area contributed by atoms with E-state index >= 15 is 0 Å². The van der Waals surface area contributed by atoms with Crippen molar-refractivity contribution in [2.24, 2.45) is 0 Å². The van der Waals surface area contributed by atoms with E-state index in [1.54, 1.807) is 14.2 Å². The molecular weight excluding hydrogens is 454 g/mol. The van der Waals surface area contributed by atoms with Crippen molar-refractivity contribution in [3.05, 3.63) is 72.6 Å². The van der Waals surface area contributed by atoms with Crippen LogP contribution >= 0.6 is 0 Å². The van der Waals surface area contributed by atoms with E-state index in [9.17, 15) is 4.79 Å². The molecule has 7 heteroatoms. The monoisotopic (exact) mass is 487 g/mol. The highest BCUT2D eigenvalue weighted by molar-refractivity contribution is 5.77. The first kappa shape index (κ1) is 25.3. The molecule has 0 saturated carbocycles. The van der Waals surface area contributed by atoms with Crippen molar-refractivity contribution in [1.82, 2.24) is 14.7 Å². The fourth-order valence-electron chi connectivity index (χ4n) is 4.18. The van der Waals surface area contributed by atoms with E-state index in [0.717, 1.165) is 51.6 Å². The van der Waals surface area contributed by atoms with Crippen LogP contribution in [0.1, 0.15) is 25.5 Å². The SMILES string of the molecule is CCOc1cccc(-c2ccc3nc(-c4ccc(OC)cc4)c(CCC(=O)NCCCOC)n3c2)c1. The molecule has 0 fully saturated rings.